The van der Waals surface area contributed by atoms with Crippen molar-refractivity contribution in [3.63, 3.8) is 0 Å². The molecule has 224 valence electrons. The van der Waals surface area contributed by atoms with Crippen LogP contribution >= 0.6 is 0 Å². The molecule has 11 nitrogen and oxygen atoms in total. The molecule has 1 spiro atoms. The maximum Gasteiger partial charge on any atom is 0.333 e. The zero-order valence-electron chi connectivity index (χ0n) is 23.3. The first-order chi connectivity index (χ1) is 19.6. The van der Waals surface area contributed by atoms with Crippen LogP contribution in [0.2, 0.25) is 0 Å². The van der Waals surface area contributed by atoms with Crippen LogP contribution in [0.5, 0.6) is 0 Å². The lowest BCUT2D eigenvalue weighted by molar-refractivity contribution is -0.371. The number of hydrogen-bond donors (Lipinski definition) is 4. The third kappa shape index (κ3) is 4.73. The fraction of sp³-hybridized carbons (Fsp3) is 0.600. The molecule has 1 saturated heterocycles. The fourth-order valence-corrected chi connectivity index (χ4v) is 6.95. The first-order valence-electron chi connectivity index (χ1n) is 14.1. The molecule has 5 rings (SSSR count). The second-order valence-corrected chi connectivity index (χ2v) is 11.3. The number of aromatic nitrogens is 1. The first kappa shape index (κ1) is 29.5. The van der Waals surface area contributed by atoms with Crippen molar-refractivity contribution in [2.75, 3.05) is 13.7 Å². The lowest BCUT2D eigenvalue weighted by Crippen LogP contribution is -2.77. The van der Waals surface area contributed by atoms with Crippen molar-refractivity contribution in [2.24, 2.45) is 11.8 Å². The van der Waals surface area contributed by atoms with Crippen LogP contribution in [-0.4, -0.2) is 81.9 Å². The zero-order valence-corrected chi connectivity index (χ0v) is 23.3. The molecule has 41 heavy (non-hydrogen) atoms. The van der Waals surface area contributed by atoms with Crippen LogP contribution in [0.1, 0.15) is 51.1 Å². The van der Waals surface area contributed by atoms with Gasteiger partial charge in [0.2, 0.25) is 0 Å². The number of carboxylic acid groups (broad SMARTS) is 1. The summed E-state index contributed by atoms with van der Waals surface area (Å²) in [6, 6.07) is 1.99. The second kappa shape index (κ2) is 11.4. The van der Waals surface area contributed by atoms with Gasteiger partial charge in [-0.15, -0.1) is 6.58 Å². The van der Waals surface area contributed by atoms with Gasteiger partial charge in [-0.25, -0.2) is 4.79 Å². The molecule has 2 aliphatic carbocycles. The average molecular weight is 573 g/mol. The molecule has 2 fully saturated rings. The summed E-state index contributed by atoms with van der Waals surface area (Å²) in [5, 5.41) is 45.1. The molecule has 1 aromatic rings. The number of nitrogens with zero attached hydrogens (tertiary/aromatic N) is 1. The number of carboxylic acids is 1. The van der Waals surface area contributed by atoms with Gasteiger partial charge in [-0.05, 0) is 36.5 Å². The Morgan fingerprint density at radius 1 is 1.34 bits per heavy atom. The van der Waals surface area contributed by atoms with Gasteiger partial charge >= 0.3 is 11.9 Å². The van der Waals surface area contributed by atoms with E-state index in [0.29, 0.717) is 17.3 Å². The molecule has 11 heteroatoms. The molecule has 4 aliphatic rings. The molecular formula is C30H38NO10-. The van der Waals surface area contributed by atoms with Gasteiger partial charge in [0.25, 0.3) is 0 Å². The number of aryl methyl sites for hydroxylation is 1. The quantitative estimate of drug-likeness (QED) is 0.221. The highest BCUT2D eigenvalue weighted by molar-refractivity contribution is 5.90. The predicted octanol–water partition coefficient (Wildman–Crippen LogP) is 0.0285. The molecule has 2 aliphatic heterocycles. The first-order valence-corrected chi connectivity index (χ1v) is 14.1. The normalized spacial score (nSPS) is 35.7. The molecule has 4 N–H and O–H groups in total. The molecule has 0 aromatic carbocycles. The van der Waals surface area contributed by atoms with Crippen LogP contribution in [0, 0.1) is 11.8 Å². The topological polar surface area (TPSA) is 166 Å². The molecule has 0 unspecified atom stereocenters. The number of hydrogen-bond acceptors (Lipinski definition) is 9. The van der Waals surface area contributed by atoms with E-state index in [0.717, 1.165) is 30.2 Å². The highest BCUT2D eigenvalue weighted by Gasteiger charge is 2.69. The fourth-order valence-electron chi connectivity index (χ4n) is 6.95. The summed E-state index contributed by atoms with van der Waals surface area (Å²) in [5.41, 5.74) is -1.60. The van der Waals surface area contributed by atoms with E-state index in [-0.39, 0.29) is 24.8 Å². The Kier molecular flexibility index (Phi) is 8.19. The highest BCUT2D eigenvalue weighted by Crippen LogP contribution is 2.52. The Morgan fingerprint density at radius 2 is 2.12 bits per heavy atom. The number of rotatable bonds is 10. The Morgan fingerprint density at radius 3 is 2.78 bits per heavy atom. The minimum Gasteiger partial charge on any atom is -0.658 e. The van der Waals surface area contributed by atoms with Crippen LogP contribution in [-0.2, 0) is 35.0 Å². The highest BCUT2D eigenvalue weighted by atomic mass is 16.7. The van der Waals surface area contributed by atoms with Crippen LogP contribution in [0.25, 0.3) is 11.8 Å². The van der Waals surface area contributed by atoms with Crippen LogP contribution < -0.4 is 15.6 Å². The van der Waals surface area contributed by atoms with Crippen molar-refractivity contribution in [3.05, 3.63) is 46.6 Å². The SMILES string of the molecule is C=C[C@@H]1[C@H](CC(=O)O)C(C(=O)OC)=CC[C@H]1O[C@@H]1O[C@H](CO)[C@]23OC=c4[n-]c(CCCC)cc4=C2CC[C@@]1(O)[C@H]3O. The van der Waals surface area contributed by atoms with Gasteiger partial charge < -0.3 is 44.4 Å². The van der Waals surface area contributed by atoms with Gasteiger partial charge in [0.1, 0.15) is 17.8 Å². The van der Waals surface area contributed by atoms with Crippen LogP contribution in [0.4, 0.5) is 0 Å². The third-order valence-electron chi connectivity index (χ3n) is 9.04. The number of carbonyl (C=O) groups is 2. The molecule has 1 aromatic heterocycles. The smallest absolute Gasteiger partial charge is 0.333 e. The number of aliphatic hydroxyl groups is 3. The summed E-state index contributed by atoms with van der Waals surface area (Å²) in [7, 11) is 1.23. The number of carbonyl (C=O) groups excluding carboxylic acids is 1. The van der Waals surface area contributed by atoms with Gasteiger partial charge in [-0.2, -0.15) is 5.69 Å². The Labute approximate surface area is 237 Å². The van der Waals surface area contributed by atoms with E-state index in [1.807, 2.05) is 6.07 Å². The number of aliphatic carboxylic acids is 1. The van der Waals surface area contributed by atoms with Gasteiger partial charge in [0.15, 0.2) is 11.9 Å². The zero-order chi connectivity index (χ0) is 29.5. The van der Waals surface area contributed by atoms with E-state index < -0.39 is 66.2 Å². The van der Waals surface area contributed by atoms with Gasteiger partial charge in [0, 0.05) is 17.4 Å². The van der Waals surface area contributed by atoms with Crippen molar-refractivity contribution in [3.8, 4) is 0 Å². The molecule has 8 atom stereocenters. The number of unbranched alkanes of at least 4 members (excludes halogenated alkanes) is 1. The number of methoxy groups -OCH3 is 1. The minimum absolute atomic E-state index is 0.0830. The van der Waals surface area contributed by atoms with E-state index in [2.05, 4.69) is 18.5 Å². The van der Waals surface area contributed by atoms with Gasteiger partial charge in [-0.1, -0.05) is 43.3 Å². The maximum absolute atomic E-state index is 12.4. The standard InChI is InChI=1S/C30H38NO10/c1-4-6-7-16-12-20-21-10-11-29(37)27(36)30(21,39-15-22(20)31-16)24(14-32)41-28(29)40-23-9-8-18(26(35)38-3)19(13-25(33)34)17(23)5-2/h5,8,12,15,17,19,23-24,27-28,32,36-37H,2,4,6-7,9-11,13-14H2,1,3H3,(H,33,34)/q-1/t17-,19+,23-,24-,27-,28-,29-,30-/m1/s1. The number of fused-ring (bicyclic) bond motifs is 2. The summed E-state index contributed by atoms with van der Waals surface area (Å²) >= 11 is 0. The average Bonchev–Trinajstić information content (AvgIpc) is 3.37. The summed E-state index contributed by atoms with van der Waals surface area (Å²) < 4.78 is 23.5. The molecule has 0 radical (unpaired) electrons. The monoisotopic (exact) mass is 572 g/mol. The van der Waals surface area contributed by atoms with Gasteiger partial charge in [-0.3, -0.25) is 4.79 Å². The summed E-state index contributed by atoms with van der Waals surface area (Å²) in [4.78, 5) is 28.7. The Hall–Kier alpha value is -2.96. The van der Waals surface area contributed by atoms with Crippen molar-refractivity contribution in [2.45, 2.75) is 87.7 Å². The Balaban J connectivity index is 1.48. The molecular weight excluding hydrogens is 534 g/mol. The predicted molar refractivity (Wildman–Crippen MR) is 144 cm³/mol. The van der Waals surface area contributed by atoms with Crippen LogP contribution in [0.3, 0.4) is 0 Å². The van der Waals surface area contributed by atoms with E-state index in [1.165, 1.54) is 19.4 Å². The Bertz CT molecular complexity index is 1350. The third-order valence-corrected chi connectivity index (χ3v) is 9.04. The number of esters is 1. The number of aliphatic hydroxyl groups excluding tert-OH is 2. The summed E-state index contributed by atoms with van der Waals surface area (Å²) in [6.07, 6.45) is 2.89. The molecule has 0 amide bonds. The van der Waals surface area contributed by atoms with E-state index in [4.69, 9.17) is 18.9 Å². The second-order valence-electron chi connectivity index (χ2n) is 11.3. The summed E-state index contributed by atoms with van der Waals surface area (Å²) in [6.45, 7) is 5.43. The number of ether oxygens (including phenoxy) is 4. The minimum atomic E-state index is -1.91. The van der Waals surface area contributed by atoms with Crippen molar-refractivity contribution < 1.29 is 49.0 Å². The molecule has 2 bridgehead atoms. The molecule has 1 saturated carbocycles. The van der Waals surface area contributed by atoms with E-state index in [9.17, 15) is 30.0 Å². The van der Waals surface area contributed by atoms with Crippen molar-refractivity contribution in [1.29, 1.82) is 0 Å². The van der Waals surface area contributed by atoms with Crippen LogP contribution in [0.15, 0.2) is 30.4 Å². The van der Waals surface area contributed by atoms with Crippen molar-refractivity contribution >= 4 is 23.8 Å². The molecule has 3 heterocycles. The lowest BCUT2D eigenvalue weighted by Gasteiger charge is -2.60. The van der Waals surface area contributed by atoms with Gasteiger partial charge in [0.05, 0.1) is 32.5 Å². The van der Waals surface area contributed by atoms with E-state index in [1.54, 1.807) is 6.08 Å². The lowest BCUT2D eigenvalue weighted by atomic mass is 9.63. The van der Waals surface area contributed by atoms with E-state index >= 15 is 0 Å². The summed E-state index contributed by atoms with van der Waals surface area (Å²) in [5.74, 6) is -3.16. The maximum atomic E-state index is 12.4. The largest absolute Gasteiger partial charge is 0.658 e. The van der Waals surface area contributed by atoms with Crippen molar-refractivity contribution in [1.82, 2.24) is 4.98 Å².